The number of rotatable bonds is 5. The molecule has 0 aromatic rings. The van der Waals surface area contributed by atoms with Crippen LogP contribution in [0.1, 0.15) is 39.0 Å². The molecule has 0 bridgehead atoms. The first-order valence-electron chi connectivity index (χ1n) is 7.61. The van der Waals surface area contributed by atoms with Gasteiger partial charge in [0.25, 0.3) is 0 Å². The number of carbonyl (C=O) groups is 1. The molecule has 2 aliphatic heterocycles. The van der Waals surface area contributed by atoms with Crippen molar-refractivity contribution in [3.05, 3.63) is 0 Å². The summed E-state index contributed by atoms with van der Waals surface area (Å²) in [5.74, 6) is 0.901. The molecule has 1 saturated carbocycles. The minimum atomic E-state index is -0.182. The van der Waals surface area contributed by atoms with E-state index >= 15 is 0 Å². The van der Waals surface area contributed by atoms with E-state index in [4.69, 9.17) is 14.2 Å². The molecule has 3 atom stereocenters. The first kappa shape index (κ1) is 13.5. The summed E-state index contributed by atoms with van der Waals surface area (Å²) in [5.41, 5.74) is -0.182. The van der Waals surface area contributed by atoms with Crippen LogP contribution in [-0.4, -0.2) is 43.9 Å². The van der Waals surface area contributed by atoms with Crippen LogP contribution in [0.2, 0.25) is 0 Å². The molecular formula is C15H24O4. The molecule has 0 aromatic heterocycles. The van der Waals surface area contributed by atoms with Gasteiger partial charge in [-0.15, -0.1) is 0 Å². The van der Waals surface area contributed by atoms with Crippen LogP contribution in [0.4, 0.5) is 0 Å². The Balaban J connectivity index is 1.64. The third-order valence-electron chi connectivity index (χ3n) is 4.64. The zero-order chi connectivity index (χ0) is 13.3. The summed E-state index contributed by atoms with van der Waals surface area (Å²) in [5, 5.41) is 0. The lowest BCUT2D eigenvalue weighted by Crippen LogP contribution is -2.45. The van der Waals surface area contributed by atoms with E-state index in [0.717, 1.165) is 38.7 Å². The van der Waals surface area contributed by atoms with E-state index in [0.29, 0.717) is 31.5 Å². The van der Waals surface area contributed by atoms with E-state index < -0.39 is 0 Å². The van der Waals surface area contributed by atoms with Gasteiger partial charge < -0.3 is 14.2 Å². The standard InChI is InChI=1S/C15H24O4/c1-2-18-14(11-3-4-11)13(16)12-5-7-19-15(9-12)6-8-17-10-15/h11-12,14H,2-10H2,1H3. The molecule has 1 spiro atoms. The molecule has 4 heteroatoms. The Bertz CT molecular complexity index is 331. The second kappa shape index (κ2) is 5.51. The highest BCUT2D eigenvalue weighted by molar-refractivity contribution is 5.86. The van der Waals surface area contributed by atoms with Crippen LogP contribution in [0.25, 0.3) is 0 Å². The Morgan fingerprint density at radius 2 is 2.21 bits per heavy atom. The molecule has 2 saturated heterocycles. The molecule has 0 radical (unpaired) electrons. The van der Waals surface area contributed by atoms with Crippen molar-refractivity contribution in [1.29, 1.82) is 0 Å². The average Bonchev–Trinajstić information content (AvgIpc) is 3.18. The molecule has 19 heavy (non-hydrogen) atoms. The van der Waals surface area contributed by atoms with Gasteiger partial charge in [-0.05, 0) is 38.5 Å². The molecule has 4 nitrogen and oxygen atoms in total. The van der Waals surface area contributed by atoms with Gasteiger partial charge in [-0.2, -0.15) is 0 Å². The minimum Gasteiger partial charge on any atom is -0.378 e. The topological polar surface area (TPSA) is 44.8 Å². The molecule has 3 aliphatic rings. The van der Waals surface area contributed by atoms with Crippen molar-refractivity contribution in [2.45, 2.75) is 50.7 Å². The summed E-state index contributed by atoms with van der Waals surface area (Å²) in [6.45, 7) is 4.70. The minimum absolute atomic E-state index is 0.104. The predicted molar refractivity (Wildman–Crippen MR) is 70.0 cm³/mol. The van der Waals surface area contributed by atoms with Gasteiger partial charge in [0.05, 0.1) is 12.2 Å². The van der Waals surface area contributed by atoms with E-state index in [-0.39, 0.29) is 17.6 Å². The molecule has 108 valence electrons. The van der Waals surface area contributed by atoms with Gasteiger partial charge in [0.2, 0.25) is 0 Å². The molecule has 3 fully saturated rings. The maximum absolute atomic E-state index is 12.7. The van der Waals surface area contributed by atoms with E-state index in [1.807, 2.05) is 6.92 Å². The lowest BCUT2D eigenvalue weighted by molar-refractivity contribution is -0.148. The number of Topliss-reactive ketones (excluding diaryl/α,β-unsaturated/α-hetero) is 1. The maximum Gasteiger partial charge on any atom is 0.165 e. The molecule has 0 aromatic carbocycles. The Hall–Kier alpha value is -0.450. The zero-order valence-corrected chi connectivity index (χ0v) is 11.7. The number of ether oxygens (including phenoxy) is 3. The predicted octanol–water partition coefficient (Wildman–Crippen LogP) is 1.96. The van der Waals surface area contributed by atoms with Gasteiger partial charge in [-0.3, -0.25) is 4.79 Å². The molecule has 2 heterocycles. The lowest BCUT2D eigenvalue weighted by atomic mass is 9.81. The Morgan fingerprint density at radius 1 is 1.37 bits per heavy atom. The zero-order valence-electron chi connectivity index (χ0n) is 11.7. The van der Waals surface area contributed by atoms with Crippen molar-refractivity contribution in [1.82, 2.24) is 0 Å². The molecule has 1 aliphatic carbocycles. The van der Waals surface area contributed by atoms with E-state index in [2.05, 4.69) is 0 Å². The van der Waals surface area contributed by atoms with Crippen LogP contribution < -0.4 is 0 Å². The normalized spacial score (nSPS) is 36.6. The fraction of sp³-hybridized carbons (Fsp3) is 0.933. The average molecular weight is 268 g/mol. The lowest BCUT2D eigenvalue weighted by Gasteiger charge is -2.37. The highest BCUT2D eigenvalue weighted by Crippen LogP contribution is 2.40. The maximum atomic E-state index is 12.7. The summed E-state index contributed by atoms with van der Waals surface area (Å²) in [6.07, 6.45) is 4.73. The summed E-state index contributed by atoms with van der Waals surface area (Å²) in [6, 6.07) is 0. The van der Waals surface area contributed by atoms with Gasteiger partial charge in [-0.25, -0.2) is 0 Å². The van der Waals surface area contributed by atoms with Gasteiger partial charge in [0.15, 0.2) is 5.78 Å². The number of carbonyl (C=O) groups excluding carboxylic acids is 1. The second-order valence-corrected chi connectivity index (χ2v) is 6.14. The Kier molecular flexibility index (Phi) is 3.92. The third kappa shape index (κ3) is 2.86. The van der Waals surface area contributed by atoms with Crippen molar-refractivity contribution in [3.8, 4) is 0 Å². The second-order valence-electron chi connectivity index (χ2n) is 6.14. The molecule has 3 rings (SSSR count). The van der Waals surface area contributed by atoms with E-state index in [1.165, 1.54) is 0 Å². The summed E-state index contributed by atoms with van der Waals surface area (Å²) in [7, 11) is 0. The Morgan fingerprint density at radius 3 is 2.84 bits per heavy atom. The smallest absolute Gasteiger partial charge is 0.165 e. The van der Waals surface area contributed by atoms with Crippen molar-refractivity contribution in [2.75, 3.05) is 26.4 Å². The van der Waals surface area contributed by atoms with Crippen LogP contribution in [0.5, 0.6) is 0 Å². The number of hydrogen-bond acceptors (Lipinski definition) is 4. The van der Waals surface area contributed by atoms with E-state index in [1.54, 1.807) is 0 Å². The van der Waals surface area contributed by atoms with Crippen LogP contribution in [0.15, 0.2) is 0 Å². The molecule has 3 unspecified atom stereocenters. The first-order valence-corrected chi connectivity index (χ1v) is 7.61. The highest BCUT2D eigenvalue weighted by atomic mass is 16.6. The SMILES string of the molecule is CCOC(C(=O)C1CCOC2(CCOC2)C1)C1CC1. The first-order chi connectivity index (χ1) is 9.24. The van der Waals surface area contributed by atoms with Gasteiger partial charge in [0, 0.05) is 32.2 Å². The monoisotopic (exact) mass is 268 g/mol. The summed E-state index contributed by atoms with van der Waals surface area (Å²) >= 11 is 0. The third-order valence-corrected chi connectivity index (χ3v) is 4.64. The van der Waals surface area contributed by atoms with Crippen LogP contribution >= 0.6 is 0 Å². The summed E-state index contributed by atoms with van der Waals surface area (Å²) < 4.78 is 17.1. The molecular weight excluding hydrogens is 244 g/mol. The number of hydrogen-bond donors (Lipinski definition) is 0. The van der Waals surface area contributed by atoms with Crippen LogP contribution in [0, 0.1) is 11.8 Å². The Labute approximate surface area is 114 Å². The van der Waals surface area contributed by atoms with Gasteiger partial charge in [-0.1, -0.05) is 0 Å². The van der Waals surface area contributed by atoms with Gasteiger partial charge in [0.1, 0.15) is 6.10 Å². The number of ketones is 1. The highest BCUT2D eigenvalue weighted by Gasteiger charge is 2.46. The van der Waals surface area contributed by atoms with Crippen LogP contribution in [-0.2, 0) is 19.0 Å². The molecule has 0 N–H and O–H groups in total. The quantitative estimate of drug-likeness (QED) is 0.764. The van der Waals surface area contributed by atoms with Crippen molar-refractivity contribution >= 4 is 5.78 Å². The van der Waals surface area contributed by atoms with Gasteiger partial charge >= 0.3 is 0 Å². The largest absolute Gasteiger partial charge is 0.378 e. The fourth-order valence-electron chi connectivity index (χ4n) is 3.40. The van der Waals surface area contributed by atoms with Crippen LogP contribution in [0.3, 0.4) is 0 Å². The fourth-order valence-corrected chi connectivity index (χ4v) is 3.40. The molecule has 0 amide bonds. The van der Waals surface area contributed by atoms with Crippen molar-refractivity contribution < 1.29 is 19.0 Å². The van der Waals surface area contributed by atoms with Crippen molar-refractivity contribution in [3.63, 3.8) is 0 Å². The van der Waals surface area contributed by atoms with E-state index in [9.17, 15) is 4.79 Å². The summed E-state index contributed by atoms with van der Waals surface area (Å²) in [4.78, 5) is 12.7. The van der Waals surface area contributed by atoms with Crippen molar-refractivity contribution in [2.24, 2.45) is 11.8 Å².